The molecule has 2 aromatic heterocycles. The SMILES string of the molecule is O=C(NCc1ccc(-c2ccoc2)o1)C1c2ccccc2Oc2ccccc21. The van der Waals surface area contributed by atoms with E-state index in [-0.39, 0.29) is 5.91 Å². The number of carbonyl (C=O) groups is 1. The standard InChI is InChI=1S/C23H17NO4/c25-23(24-13-16-9-10-19(27-16)15-11-12-26-14-15)22-17-5-1-3-7-20(17)28-21-8-4-2-6-18(21)22/h1-12,14,22H,13H2,(H,24,25). The fourth-order valence-corrected chi connectivity index (χ4v) is 3.50. The molecular formula is C23H17NO4. The van der Waals surface area contributed by atoms with E-state index in [0.717, 1.165) is 16.7 Å². The highest BCUT2D eigenvalue weighted by Gasteiger charge is 2.32. The summed E-state index contributed by atoms with van der Waals surface area (Å²) >= 11 is 0. The van der Waals surface area contributed by atoms with Gasteiger partial charge in [0.25, 0.3) is 0 Å². The molecule has 4 aromatic rings. The number of rotatable bonds is 4. The molecule has 0 saturated carbocycles. The van der Waals surface area contributed by atoms with E-state index < -0.39 is 5.92 Å². The number of hydrogen-bond acceptors (Lipinski definition) is 4. The highest BCUT2D eigenvalue weighted by atomic mass is 16.5. The van der Waals surface area contributed by atoms with Crippen molar-refractivity contribution < 1.29 is 18.4 Å². The van der Waals surface area contributed by atoms with Crippen molar-refractivity contribution in [2.75, 3.05) is 0 Å². The monoisotopic (exact) mass is 371 g/mol. The second-order valence-electron chi connectivity index (χ2n) is 6.61. The molecule has 0 spiro atoms. The topological polar surface area (TPSA) is 64.6 Å². The second-order valence-corrected chi connectivity index (χ2v) is 6.61. The van der Waals surface area contributed by atoms with Gasteiger partial charge in [0.15, 0.2) is 0 Å². The van der Waals surface area contributed by atoms with E-state index in [2.05, 4.69) is 5.32 Å². The molecule has 5 nitrogen and oxygen atoms in total. The number of para-hydroxylation sites is 2. The highest BCUT2D eigenvalue weighted by molar-refractivity contribution is 5.89. The number of amides is 1. The van der Waals surface area contributed by atoms with Gasteiger partial charge in [-0.2, -0.15) is 0 Å². The lowest BCUT2D eigenvalue weighted by Crippen LogP contribution is -2.31. The first kappa shape index (κ1) is 16.4. The minimum atomic E-state index is -0.426. The third-order valence-corrected chi connectivity index (χ3v) is 4.85. The van der Waals surface area contributed by atoms with Crippen LogP contribution in [0.25, 0.3) is 11.3 Å². The summed E-state index contributed by atoms with van der Waals surface area (Å²) < 4.78 is 16.8. The molecule has 1 aliphatic rings. The fourth-order valence-electron chi connectivity index (χ4n) is 3.50. The van der Waals surface area contributed by atoms with Crippen molar-refractivity contribution in [2.24, 2.45) is 0 Å². The zero-order chi connectivity index (χ0) is 18.9. The van der Waals surface area contributed by atoms with Gasteiger partial charge in [0.05, 0.1) is 24.3 Å². The summed E-state index contributed by atoms with van der Waals surface area (Å²) in [7, 11) is 0. The summed E-state index contributed by atoms with van der Waals surface area (Å²) in [4.78, 5) is 13.1. The van der Waals surface area contributed by atoms with Gasteiger partial charge < -0.3 is 18.9 Å². The quantitative estimate of drug-likeness (QED) is 0.542. The van der Waals surface area contributed by atoms with Gasteiger partial charge in [0.1, 0.15) is 29.3 Å². The molecule has 1 N–H and O–H groups in total. The zero-order valence-corrected chi connectivity index (χ0v) is 14.9. The molecule has 0 atom stereocenters. The second kappa shape index (κ2) is 6.78. The van der Waals surface area contributed by atoms with E-state index in [1.807, 2.05) is 66.7 Å². The van der Waals surface area contributed by atoms with Crippen molar-refractivity contribution in [3.63, 3.8) is 0 Å². The maximum atomic E-state index is 13.1. The predicted molar refractivity (Wildman–Crippen MR) is 103 cm³/mol. The first-order valence-corrected chi connectivity index (χ1v) is 9.04. The van der Waals surface area contributed by atoms with Gasteiger partial charge in [-0.25, -0.2) is 0 Å². The van der Waals surface area contributed by atoms with Crippen molar-refractivity contribution in [2.45, 2.75) is 12.5 Å². The van der Waals surface area contributed by atoms with E-state index in [0.29, 0.717) is 29.6 Å². The van der Waals surface area contributed by atoms with Crippen LogP contribution in [0.15, 0.2) is 88.1 Å². The van der Waals surface area contributed by atoms with Crippen LogP contribution < -0.4 is 10.1 Å². The van der Waals surface area contributed by atoms with E-state index in [1.165, 1.54) is 0 Å². The van der Waals surface area contributed by atoms with Gasteiger partial charge in [-0.3, -0.25) is 4.79 Å². The van der Waals surface area contributed by atoms with Crippen molar-refractivity contribution in [1.29, 1.82) is 0 Å². The number of benzene rings is 2. The number of ether oxygens (including phenoxy) is 1. The summed E-state index contributed by atoms with van der Waals surface area (Å²) in [5.41, 5.74) is 2.58. The van der Waals surface area contributed by atoms with Crippen molar-refractivity contribution >= 4 is 5.91 Å². The molecule has 0 aliphatic carbocycles. The van der Waals surface area contributed by atoms with Crippen LogP contribution in [0.5, 0.6) is 11.5 Å². The van der Waals surface area contributed by atoms with Crippen LogP contribution in [0.3, 0.4) is 0 Å². The van der Waals surface area contributed by atoms with Crippen LogP contribution in [-0.4, -0.2) is 5.91 Å². The van der Waals surface area contributed by atoms with Crippen LogP contribution in [0.1, 0.15) is 22.8 Å². The Morgan fingerprint density at radius 3 is 2.29 bits per heavy atom. The fraction of sp³-hybridized carbons (Fsp3) is 0.0870. The van der Waals surface area contributed by atoms with Crippen LogP contribution >= 0.6 is 0 Å². The van der Waals surface area contributed by atoms with Gasteiger partial charge in [0, 0.05) is 11.1 Å². The molecule has 1 amide bonds. The molecule has 5 rings (SSSR count). The van der Waals surface area contributed by atoms with Gasteiger partial charge in [0.2, 0.25) is 5.91 Å². The Bertz CT molecular complexity index is 1080. The molecule has 2 aromatic carbocycles. The number of fused-ring (bicyclic) bond motifs is 2. The smallest absolute Gasteiger partial charge is 0.232 e. The lowest BCUT2D eigenvalue weighted by molar-refractivity contribution is -0.122. The maximum absolute atomic E-state index is 13.1. The molecule has 28 heavy (non-hydrogen) atoms. The third-order valence-electron chi connectivity index (χ3n) is 4.85. The molecule has 0 saturated heterocycles. The molecule has 0 radical (unpaired) electrons. The normalized spacial score (nSPS) is 12.7. The lowest BCUT2D eigenvalue weighted by Gasteiger charge is -2.27. The summed E-state index contributed by atoms with van der Waals surface area (Å²) in [5.74, 6) is 2.29. The molecule has 1 aliphatic heterocycles. The Balaban J connectivity index is 1.38. The Kier molecular flexibility index (Phi) is 3.98. The minimum Gasteiger partial charge on any atom is -0.472 e. The zero-order valence-electron chi connectivity index (χ0n) is 14.9. The van der Waals surface area contributed by atoms with E-state index in [4.69, 9.17) is 13.6 Å². The van der Waals surface area contributed by atoms with Gasteiger partial charge in [-0.05, 0) is 30.3 Å². The average Bonchev–Trinajstić information content (AvgIpc) is 3.42. The Labute approximate surface area is 161 Å². The van der Waals surface area contributed by atoms with Gasteiger partial charge >= 0.3 is 0 Å². The minimum absolute atomic E-state index is 0.0931. The predicted octanol–water partition coefficient (Wildman–Crippen LogP) is 5.09. The molecular weight excluding hydrogens is 354 g/mol. The Hall–Kier alpha value is -3.73. The number of carbonyl (C=O) groups excluding carboxylic acids is 1. The third kappa shape index (κ3) is 2.87. The van der Waals surface area contributed by atoms with Crippen molar-refractivity contribution in [1.82, 2.24) is 5.32 Å². The van der Waals surface area contributed by atoms with E-state index in [9.17, 15) is 4.79 Å². The Morgan fingerprint density at radius 1 is 0.893 bits per heavy atom. The lowest BCUT2D eigenvalue weighted by atomic mass is 9.87. The summed E-state index contributed by atoms with van der Waals surface area (Å²) in [5, 5.41) is 3.00. The van der Waals surface area contributed by atoms with Gasteiger partial charge in [-0.15, -0.1) is 0 Å². The largest absolute Gasteiger partial charge is 0.472 e. The Morgan fingerprint density at radius 2 is 1.61 bits per heavy atom. The van der Waals surface area contributed by atoms with Crippen molar-refractivity contribution in [3.8, 4) is 22.8 Å². The number of nitrogens with one attached hydrogen (secondary N) is 1. The molecule has 0 fully saturated rings. The molecule has 3 heterocycles. The molecule has 5 heteroatoms. The number of furan rings is 2. The summed E-state index contributed by atoms with van der Waals surface area (Å²) in [6.45, 7) is 0.304. The average molecular weight is 371 g/mol. The number of hydrogen-bond donors (Lipinski definition) is 1. The van der Waals surface area contributed by atoms with Crippen LogP contribution in [-0.2, 0) is 11.3 Å². The van der Waals surface area contributed by atoms with Crippen molar-refractivity contribution in [3.05, 3.63) is 96.1 Å². The molecule has 138 valence electrons. The highest BCUT2D eigenvalue weighted by Crippen LogP contribution is 2.43. The maximum Gasteiger partial charge on any atom is 0.232 e. The molecule has 0 unspecified atom stereocenters. The summed E-state index contributed by atoms with van der Waals surface area (Å²) in [6.07, 6.45) is 3.22. The van der Waals surface area contributed by atoms with Gasteiger partial charge in [-0.1, -0.05) is 36.4 Å². The van der Waals surface area contributed by atoms with Crippen LogP contribution in [0, 0.1) is 0 Å². The van der Waals surface area contributed by atoms with Crippen LogP contribution in [0.2, 0.25) is 0 Å². The first-order chi connectivity index (χ1) is 13.8. The van der Waals surface area contributed by atoms with Crippen LogP contribution in [0.4, 0.5) is 0 Å². The first-order valence-electron chi connectivity index (χ1n) is 9.04. The summed E-state index contributed by atoms with van der Waals surface area (Å²) in [6, 6.07) is 20.8. The van der Waals surface area contributed by atoms with E-state index in [1.54, 1.807) is 12.5 Å². The molecule has 0 bridgehead atoms. The van der Waals surface area contributed by atoms with E-state index >= 15 is 0 Å².